The summed E-state index contributed by atoms with van der Waals surface area (Å²) >= 11 is 3.74. The number of pyridine rings is 2. The first-order valence-corrected chi connectivity index (χ1v) is 32.4. The van der Waals surface area contributed by atoms with Crippen molar-refractivity contribution >= 4 is 75.6 Å². The number of aromatic nitrogens is 6. The van der Waals surface area contributed by atoms with Crippen molar-refractivity contribution in [3.05, 3.63) is 209 Å². The minimum atomic E-state index is -1.51. The molecule has 2 aliphatic carbocycles. The topological polar surface area (TPSA) is 255 Å². The average Bonchev–Trinajstić information content (AvgIpc) is 1.54. The number of carbonyl (C=O) groups excluding carboxylic acids is 4. The molecule has 96 heavy (non-hydrogen) atoms. The Bertz CT molecular complexity index is 4550. The van der Waals surface area contributed by atoms with E-state index < -0.39 is 47.4 Å². The third kappa shape index (κ3) is 13.5. The van der Waals surface area contributed by atoms with Crippen LogP contribution < -0.4 is 26.7 Å². The molecule has 0 unspecified atom stereocenters. The van der Waals surface area contributed by atoms with Crippen molar-refractivity contribution < 1.29 is 48.2 Å². The molecular formula is C74H72BBrN10O10. The lowest BCUT2D eigenvalue weighted by Gasteiger charge is -2.43. The van der Waals surface area contributed by atoms with Gasteiger partial charge < -0.3 is 50.3 Å². The predicted molar refractivity (Wildman–Crippen MR) is 373 cm³/mol. The van der Waals surface area contributed by atoms with E-state index in [2.05, 4.69) is 116 Å². The Kier molecular flexibility index (Phi) is 18.3. The van der Waals surface area contributed by atoms with Gasteiger partial charge in [0.05, 0.1) is 76.3 Å². The van der Waals surface area contributed by atoms with Crippen LogP contribution in [0.2, 0.25) is 0 Å². The summed E-state index contributed by atoms with van der Waals surface area (Å²) in [5, 5.41) is 30.8. The number of nitrogens with zero attached hydrogens (tertiary/aromatic N) is 6. The first-order chi connectivity index (χ1) is 46.0. The highest BCUT2D eigenvalue weighted by atomic mass is 79.9. The van der Waals surface area contributed by atoms with Crippen LogP contribution in [-0.4, -0.2) is 95.8 Å². The summed E-state index contributed by atoms with van der Waals surface area (Å²) in [5.41, 5.74) is 12.3. The Morgan fingerprint density at radius 2 is 0.927 bits per heavy atom. The van der Waals surface area contributed by atoms with Crippen LogP contribution in [0.1, 0.15) is 112 Å². The fourth-order valence-corrected chi connectivity index (χ4v) is 12.8. The number of rotatable bonds is 10. The maximum atomic E-state index is 12.8. The predicted octanol–water partition coefficient (Wildman–Crippen LogP) is 14.5. The zero-order valence-corrected chi connectivity index (χ0v) is 55.9. The first kappa shape index (κ1) is 65.6. The second-order valence-corrected chi connectivity index (χ2v) is 26.5. The number of imidazole rings is 2. The summed E-state index contributed by atoms with van der Waals surface area (Å²) in [7, 11) is 1.15. The van der Waals surface area contributed by atoms with Gasteiger partial charge in [0.25, 0.3) is 0 Å². The summed E-state index contributed by atoms with van der Waals surface area (Å²) in [5.74, 6) is 2.25. The van der Waals surface area contributed by atoms with Gasteiger partial charge in [0.1, 0.15) is 27.5 Å². The summed E-state index contributed by atoms with van der Waals surface area (Å²) in [6, 6.07) is 54.0. The Hall–Kier alpha value is -10.4. The second kappa shape index (κ2) is 26.8. The molecule has 2 saturated carbocycles. The zero-order valence-electron chi connectivity index (χ0n) is 54.4. The highest BCUT2D eigenvalue weighted by molar-refractivity contribution is 9.10. The summed E-state index contributed by atoms with van der Waals surface area (Å²) in [4.78, 5) is 68.1. The lowest BCUT2D eigenvalue weighted by molar-refractivity contribution is 0.0365. The van der Waals surface area contributed by atoms with Crippen molar-refractivity contribution in [2.24, 2.45) is 0 Å². The summed E-state index contributed by atoms with van der Waals surface area (Å²) < 4.78 is 25.6. The van der Waals surface area contributed by atoms with Crippen molar-refractivity contribution in [3.63, 3.8) is 0 Å². The molecule has 2 aliphatic heterocycles. The van der Waals surface area contributed by atoms with E-state index in [0.717, 1.165) is 139 Å². The van der Waals surface area contributed by atoms with Gasteiger partial charge in [0.15, 0.2) is 11.6 Å². The van der Waals surface area contributed by atoms with Gasteiger partial charge >= 0.3 is 31.2 Å². The Morgan fingerprint density at radius 1 is 0.521 bits per heavy atom. The molecule has 4 aliphatic rings. The summed E-state index contributed by atoms with van der Waals surface area (Å²) in [6.07, 6.45) is 8.31. The van der Waals surface area contributed by atoms with Crippen LogP contribution in [0.25, 0.3) is 67.9 Å². The van der Waals surface area contributed by atoms with Crippen LogP contribution >= 0.6 is 15.9 Å². The van der Waals surface area contributed by atoms with E-state index in [1.54, 1.807) is 24.5 Å². The molecular weight excluding hydrogens is 1280 g/mol. The standard InChI is InChI=1S/C37H35N5O4.C29H28BrN5O2.C8H9BO4/c1-36(2,3)46-35(44)41-37(20-8-21-37)26-18-16-24(17-19-26)31-30(23-12-14-25(15-13-23)34(43)45-4)40-33-27-9-5-6-10-28(27)39-32-29(42(31)33)11-7-22-38-32;1-28(2,3)37-27(36)34-29(15-7-16-29)19-13-11-18(12-14-19)23-24(30)33-26-20-8-4-5-9-21(20)32-25-22(35(23)26)10-6-17-31-25;1-13-8(10)6-2-4-7(5-3-6)9(11)12/h5-7,9-19,22H,8,20-21H2,1-4H3,(H,38,39)(H,41,44);4-6,8-14,17H,7,15-16H2,1-3H3,(H,31,32)(H,34,36);2-5,11-12H,1H3. The normalized spacial score (nSPS) is 14.0. The number of methoxy groups -OCH3 is 2. The van der Waals surface area contributed by atoms with Gasteiger partial charge in [0.2, 0.25) is 0 Å². The zero-order chi connectivity index (χ0) is 67.7. The highest BCUT2D eigenvalue weighted by Gasteiger charge is 2.43. The minimum Gasteiger partial charge on any atom is -0.465 e. The van der Waals surface area contributed by atoms with Crippen molar-refractivity contribution in [1.29, 1.82) is 0 Å². The molecule has 22 heteroatoms. The van der Waals surface area contributed by atoms with Gasteiger partial charge in [0, 0.05) is 40.2 Å². The van der Waals surface area contributed by atoms with Crippen molar-refractivity contribution in [1.82, 2.24) is 39.7 Å². The molecule has 10 aromatic rings. The second-order valence-electron chi connectivity index (χ2n) is 25.8. The largest absolute Gasteiger partial charge is 0.488 e. The van der Waals surface area contributed by atoms with E-state index in [1.165, 1.54) is 38.5 Å². The lowest BCUT2D eigenvalue weighted by atomic mass is 9.71. The van der Waals surface area contributed by atoms with Gasteiger partial charge in [-0.15, -0.1) is 0 Å². The molecule has 0 atom stereocenters. The Balaban J connectivity index is 0.000000157. The number of ether oxygens (including phenoxy) is 4. The Labute approximate surface area is 564 Å². The van der Waals surface area contributed by atoms with Crippen LogP contribution in [0.4, 0.5) is 32.6 Å². The van der Waals surface area contributed by atoms with Crippen molar-refractivity contribution in [3.8, 4) is 67.9 Å². The number of fused-ring (bicyclic) bond motifs is 10. The van der Waals surface area contributed by atoms with Crippen LogP contribution in [0.5, 0.6) is 0 Å². The minimum absolute atomic E-state index is 0.340. The van der Waals surface area contributed by atoms with E-state index >= 15 is 0 Å². The molecule has 2 fully saturated rings. The number of alkyl carbamates (subject to hydrolysis) is 2. The van der Waals surface area contributed by atoms with Gasteiger partial charge in [-0.05, 0) is 185 Å². The molecule has 4 aromatic heterocycles. The highest BCUT2D eigenvalue weighted by Crippen LogP contribution is 2.48. The van der Waals surface area contributed by atoms with Crippen LogP contribution in [0.15, 0.2) is 187 Å². The van der Waals surface area contributed by atoms with E-state index in [0.29, 0.717) is 22.4 Å². The van der Waals surface area contributed by atoms with Crippen LogP contribution in [-0.2, 0) is 30.0 Å². The van der Waals surface area contributed by atoms with Gasteiger partial charge in [-0.25, -0.2) is 39.1 Å². The number of amides is 2. The molecule has 488 valence electrons. The first-order valence-electron chi connectivity index (χ1n) is 31.6. The number of anilines is 4. The molecule has 0 radical (unpaired) electrons. The molecule has 2 amide bonds. The van der Waals surface area contributed by atoms with Gasteiger partial charge in [-0.2, -0.15) is 0 Å². The number of nitrogens with one attached hydrogen (secondary N) is 4. The third-order valence-corrected chi connectivity index (χ3v) is 17.7. The van der Waals surface area contributed by atoms with Gasteiger partial charge in [-0.1, -0.05) is 97.1 Å². The summed E-state index contributed by atoms with van der Waals surface area (Å²) in [6.45, 7) is 11.2. The molecule has 6 heterocycles. The molecule has 0 bridgehead atoms. The molecule has 6 N–H and O–H groups in total. The quantitative estimate of drug-likeness (QED) is 0.0423. The van der Waals surface area contributed by atoms with E-state index in [9.17, 15) is 19.2 Å². The van der Waals surface area contributed by atoms with Gasteiger partial charge in [-0.3, -0.25) is 9.13 Å². The van der Waals surface area contributed by atoms with E-state index in [-0.39, 0.29) is 6.09 Å². The smallest absolute Gasteiger partial charge is 0.465 e. The van der Waals surface area contributed by atoms with Crippen molar-refractivity contribution in [2.45, 2.75) is 102 Å². The molecule has 6 aromatic carbocycles. The SMILES string of the molecule is CC(C)(C)OC(=O)NC1(c2ccc(-c3c(Br)nc4n3-c3cccnc3Nc3ccccc3-4)cc2)CCC1.COC(=O)c1ccc(-c2nc3n(c2-c2ccc(C4(NC(=O)OC(C)(C)C)CCC4)cc2)-c2cccnc2Nc2ccccc2-3)cc1.COC(=O)c1ccc(B(O)O)cc1. The number of halogens is 1. The number of hydrogen-bond donors (Lipinski definition) is 6. The monoisotopic (exact) mass is 1350 g/mol. The average molecular weight is 1350 g/mol. The Morgan fingerprint density at radius 3 is 1.34 bits per heavy atom. The molecule has 20 nitrogen and oxygen atoms in total. The molecule has 14 rings (SSSR count). The fraction of sp³-hybridized carbons (Fsp3) is 0.243. The number of carbonyl (C=O) groups is 4. The molecule has 0 spiro atoms. The van der Waals surface area contributed by atoms with E-state index in [4.69, 9.17) is 34.2 Å². The van der Waals surface area contributed by atoms with E-state index in [1.807, 2.05) is 120 Å². The molecule has 0 saturated heterocycles. The number of hydrogen-bond acceptors (Lipinski definition) is 16. The number of esters is 2. The maximum Gasteiger partial charge on any atom is 0.488 e. The van der Waals surface area contributed by atoms with Crippen LogP contribution in [0, 0.1) is 0 Å². The number of benzene rings is 6. The third-order valence-electron chi connectivity index (χ3n) is 17.1. The fourth-order valence-electron chi connectivity index (χ4n) is 12.3. The van der Waals surface area contributed by atoms with Crippen LogP contribution in [0.3, 0.4) is 0 Å². The number of para-hydroxylation sites is 2. The lowest BCUT2D eigenvalue weighted by Crippen LogP contribution is -2.52. The van der Waals surface area contributed by atoms with Crippen molar-refractivity contribution in [2.75, 3.05) is 24.9 Å². The maximum absolute atomic E-state index is 12.8.